The normalized spacial score (nSPS) is 11.8. The summed E-state index contributed by atoms with van der Waals surface area (Å²) in [5.74, 6) is 1.03. The lowest BCUT2D eigenvalue weighted by Crippen LogP contribution is -2.21. The summed E-state index contributed by atoms with van der Waals surface area (Å²) in [5.41, 5.74) is 3.79. The van der Waals surface area contributed by atoms with Gasteiger partial charge in [0.2, 0.25) is 5.91 Å². The zero-order valence-electron chi connectivity index (χ0n) is 23.9. The number of nitrogens with one attached hydrogen (secondary N) is 1. The van der Waals surface area contributed by atoms with E-state index in [1.165, 1.54) is 19.1 Å². The molecule has 0 aromatic heterocycles. The van der Waals surface area contributed by atoms with Crippen LogP contribution in [-0.4, -0.2) is 40.3 Å². The number of allylic oxidation sites excluding steroid dienone is 1. The first kappa shape index (κ1) is 31.4. The third-order valence-corrected chi connectivity index (χ3v) is 7.54. The van der Waals surface area contributed by atoms with Crippen molar-refractivity contribution in [2.75, 3.05) is 30.9 Å². The molecular formula is C32H37FN2O5S. The van der Waals surface area contributed by atoms with Crippen LogP contribution in [0.5, 0.6) is 11.5 Å². The van der Waals surface area contributed by atoms with Crippen LogP contribution in [0.4, 0.5) is 10.1 Å². The van der Waals surface area contributed by atoms with E-state index < -0.39 is 9.84 Å². The number of halogens is 1. The van der Waals surface area contributed by atoms with Crippen LogP contribution < -0.4 is 19.7 Å². The maximum absolute atomic E-state index is 13.7. The molecule has 0 atom stereocenters. The Morgan fingerprint density at radius 2 is 1.46 bits per heavy atom. The van der Waals surface area contributed by atoms with E-state index in [9.17, 15) is 17.6 Å². The number of ether oxygens (including phenoxy) is 2. The Morgan fingerprint density at radius 1 is 0.878 bits per heavy atom. The summed E-state index contributed by atoms with van der Waals surface area (Å²) in [4.78, 5) is 13.0. The highest BCUT2D eigenvalue weighted by atomic mass is 32.2. The second-order valence-electron chi connectivity index (χ2n) is 9.72. The van der Waals surface area contributed by atoms with Gasteiger partial charge < -0.3 is 19.7 Å². The van der Waals surface area contributed by atoms with Crippen LogP contribution in [0.25, 0.3) is 5.70 Å². The Kier molecular flexibility index (Phi) is 11.1. The lowest BCUT2D eigenvalue weighted by atomic mass is 10.1. The molecule has 0 aliphatic carbocycles. The summed E-state index contributed by atoms with van der Waals surface area (Å²) in [5, 5.41) is 2.76. The maximum Gasteiger partial charge on any atom is 0.216 e. The van der Waals surface area contributed by atoms with Gasteiger partial charge in [-0.2, -0.15) is 0 Å². The largest absolute Gasteiger partial charge is 0.494 e. The molecule has 0 saturated carbocycles. The van der Waals surface area contributed by atoms with Crippen LogP contribution in [0.3, 0.4) is 0 Å². The fraction of sp³-hybridized carbons (Fsp3) is 0.281. The summed E-state index contributed by atoms with van der Waals surface area (Å²) in [6.45, 7) is 11.1. The fourth-order valence-corrected chi connectivity index (χ4v) is 4.60. The molecule has 3 rings (SSSR count). The number of amides is 1. The van der Waals surface area contributed by atoms with Crippen LogP contribution >= 0.6 is 0 Å². The zero-order chi connectivity index (χ0) is 30.0. The van der Waals surface area contributed by atoms with Gasteiger partial charge in [-0.15, -0.1) is 0 Å². The van der Waals surface area contributed by atoms with Crippen LogP contribution in [0, 0.1) is 5.82 Å². The highest BCUT2D eigenvalue weighted by Crippen LogP contribution is 2.31. The van der Waals surface area contributed by atoms with Gasteiger partial charge in [0.15, 0.2) is 9.84 Å². The van der Waals surface area contributed by atoms with Gasteiger partial charge in [-0.25, -0.2) is 12.8 Å². The van der Waals surface area contributed by atoms with Crippen molar-refractivity contribution >= 4 is 27.1 Å². The second-order valence-corrected chi connectivity index (χ2v) is 11.7. The third kappa shape index (κ3) is 9.49. The molecule has 0 unspecified atom stereocenters. The SMILES string of the molecule is C=C(c1ccc(S(C)(=O)=O)cc1)N(/C(C)=C(\C)COc1ccc(OCCCCNC(C)=O)cc1)c1ccc(F)cc1. The van der Waals surface area contributed by atoms with Crippen molar-refractivity contribution in [3.8, 4) is 11.5 Å². The fourth-order valence-electron chi connectivity index (χ4n) is 3.97. The minimum Gasteiger partial charge on any atom is -0.494 e. The molecule has 0 bridgehead atoms. The molecule has 0 aliphatic rings. The van der Waals surface area contributed by atoms with E-state index in [4.69, 9.17) is 9.47 Å². The first-order valence-electron chi connectivity index (χ1n) is 13.3. The Labute approximate surface area is 242 Å². The second kappa shape index (κ2) is 14.5. The van der Waals surface area contributed by atoms with E-state index >= 15 is 0 Å². The number of carbonyl (C=O) groups is 1. The van der Waals surface area contributed by atoms with Crippen molar-refractivity contribution in [3.63, 3.8) is 0 Å². The molecule has 0 spiro atoms. The van der Waals surface area contributed by atoms with Crippen LogP contribution in [0.1, 0.15) is 39.2 Å². The molecule has 9 heteroatoms. The van der Waals surface area contributed by atoms with Gasteiger partial charge >= 0.3 is 0 Å². The molecule has 41 heavy (non-hydrogen) atoms. The highest BCUT2D eigenvalue weighted by molar-refractivity contribution is 7.90. The standard InChI is InChI=1S/C32H37FN2O5S/c1-23(22-40-31-16-14-30(15-17-31)39-21-7-6-20-34-26(4)36)24(2)35(29-12-10-28(33)11-13-29)25(3)27-8-18-32(19-9-27)41(5,37)38/h8-19H,3,6-7,20-22H2,1-2,4-5H3,(H,34,36)/b24-23+. The molecule has 0 aliphatic heterocycles. The molecule has 7 nitrogen and oxygen atoms in total. The van der Waals surface area contributed by atoms with Gasteiger partial charge in [-0.1, -0.05) is 18.7 Å². The van der Waals surface area contributed by atoms with Crippen LogP contribution in [-0.2, 0) is 14.6 Å². The molecule has 218 valence electrons. The lowest BCUT2D eigenvalue weighted by Gasteiger charge is -2.29. The van der Waals surface area contributed by atoms with Crippen molar-refractivity contribution in [1.82, 2.24) is 5.32 Å². The molecule has 0 radical (unpaired) electrons. The topological polar surface area (TPSA) is 84.9 Å². The van der Waals surface area contributed by atoms with Gasteiger partial charge in [-0.05, 0) is 98.5 Å². The predicted octanol–water partition coefficient (Wildman–Crippen LogP) is 6.37. The van der Waals surface area contributed by atoms with Crippen LogP contribution in [0.2, 0.25) is 0 Å². The maximum atomic E-state index is 13.7. The molecule has 1 N–H and O–H groups in total. The first-order chi connectivity index (χ1) is 19.5. The molecule has 0 heterocycles. The van der Waals surface area contributed by atoms with Crippen molar-refractivity contribution < 1.29 is 27.1 Å². The highest BCUT2D eigenvalue weighted by Gasteiger charge is 2.18. The Balaban J connectivity index is 1.70. The van der Waals surface area contributed by atoms with Crippen molar-refractivity contribution in [2.24, 2.45) is 0 Å². The molecule has 3 aromatic carbocycles. The zero-order valence-corrected chi connectivity index (χ0v) is 24.8. The Morgan fingerprint density at radius 3 is 2.02 bits per heavy atom. The van der Waals surface area contributed by atoms with Gasteiger partial charge in [0.1, 0.15) is 23.9 Å². The van der Waals surface area contributed by atoms with Crippen molar-refractivity contribution in [1.29, 1.82) is 0 Å². The monoisotopic (exact) mass is 580 g/mol. The summed E-state index contributed by atoms with van der Waals surface area (Å²) < 4.78 is 49.3. The minimum atomic E-state index is -3.33. The Bertz CT molecular complexity index is 1470. The van der Waals surface area contributed by atoms with Crippen LogP contribution in [0.15, 0.2) is 95.5 Å². The van der Waals surface area contributed by atoms with Gasteiger partial charge in [-0.3, -0.25) is 4.79 Å². The molecule has 0 fully saturated rings. The predicted molar refractivity (Wildman–Crippen MR) is 161 cm³/mol. The number of benzene rings is 3. The number of rotatable bonds is 14. The molecular weight excluding hydrogens is 543 g/mol. The van der Waals surface area contributed by atoms with E-state index in [1.54, 1.807) is 36.4 Å². The number of hydrogen-bond acceptors (Lipinski definition) is 6. The third-order valence-electron chi connectivity index (χ3n) is 6.42. The average Bonchev–Trinajstić information content (AvgIpc) is 2.94. The van der Waals surface area contributed by atoms with E-state index in [-0.39, 0.29) is 16.6 Å². The molecule has 0 saturated heterocycles. The first-order valence-corrected chi connectivity index (χ1v) is 15.2. The van der Waals surface area contributed by atoms with Crippen molar-refractivity contribution in [3.05, 3.63) is 102 Å². The lowest BCUT2D eigenvalue weighted by molar-refractivity contribution is -0.118. The van der Waals surface area contributed by atoms with Gasteiger partial charge in [0.05, 0.1) is 11.5 Å². The smallest absolute Gasteiger partial charge is 0.216 e. The number of unbranched alkanes of at least 4 members (excludes halogenated alkanes) is 1. The number of carbonyl (C=O) groups excluding carboxylic acids is 1. The number of anilines is 1. The summed E-state index contributed by atoms with van der Waals surface area (Å²) in [6.07, 6.45) is 2.84. The van der Waals surface area contributed by atoms with E-state index in [2.05, 4.69) is 11.9 Å². The summed E-state index contributed by atoms with van der Waals surface area (Å²) >= 11 is 0. The summed E-state index contributed by atoms with van der Waals surface area (Å²) in [6, 6.07) is 20.0. The molecule has 1 amide bonds. The Hall–Kier alpha value is -4.11. The number of sulfone groups is 1. The average molecular weight is 581 g/mol. The van der Waals surface area contributed by atoms with Gasteiger partial charge in [0, 0.05) is 36.8 Å². The number of nitrogens with zero attached hydrogens (tertiary/aromatic N) is 1. The van der Waals surface area contributed by atoms with E-state index in [0.717, 1.165) is 41.7 Å². The summed E-state index contributed by atoms with van der Waals surface area (Å²) in [7, 11) is -3.33. The van der Waals surface area contributed by atoms with E-state index in [1.807, 2.05) is 43.0 Å². The quantitative estimate of drug-likeness (QED) is 0.223. The van der Waals surface area contributed by atoms with Gasteiger partial charge in [0.25, 0.3) is 0 Å². The number of hydrogen-bond donors (Lipinski definition) is 1. The van der Waals surface area contributed by atoms with Crippen molar-refractivity contribution in [2.45, 2.75) is 38.5 Å². The minimum absolute atomic E-state index is 0.0314. The van der Waals surface area contributed by atoms with E-state index in [0.29, 0.717) is 36.9 Å². The molecule has 3 aromatic rings.